The summed E-state index contributed by atoms with van der Waals surface area (Å²) in [4.78, 5) is 28.8. The maximum absolute atomic E-state index is 14.5. The van der Waals surface area contributed by atoms with Gasteiger partial charge >= 0.3 is 0 Å². The molecule has 0 aliphatic carbocycles. The van der Waals surface area contributed by atoms with Crippen molar-refractivity contribution in [3.8, 4) is 0 Å². The standard InChI is InChI=1S/C20H21FN2O4/c1-22(2)10-6-11-23-17(13-7-3-4-8-14(13)21)16(19(25)20(23)26)18(24)15-9-5-12-27-15/h3-5,7-9,12,17,25H,6,10-11H2,1-2H3/t17-/m0/s1. The Hall–Kier alpha value is -2.93. The van der Waals surface area contributed by atoms with Crippen molar-refractivity contribution in [2.24, 2.45) is 0 Å². The highest BCUT2D eigenvalue weighted by molar-refractivity contribution is 6.15. The largest absolute Gasteiger partial charge is 0.503 e. The van der Waals surface area contributed by atoms with E-state index in [-0.39, 0.29) is 23.4 Å². The average Bonchev–Trinajstić information content (AvgIpc) is 3.24. The average molecular weight is 372 g/mol. The van der Waals surface area contributed by atoms with Crippen LogP contribution in [0.3, 0.4) is 0 Å². The van der Waals surface area contributed by atoms with Crippen LogP contribution in [0.25, 0.3) is 0 Å². The van der Waals surface area contributed by atoms with E-state index < -0.39 is 29.3 Å². The van der Waals surface area contributed by atoms with E-state index in [9.17, 15) is 19.1 Å². The van der Waals surface area contributed by atoms with Gasteiger partial charge in [-0.15, -0.1) is 0 Å². The summed E-state index contributed by atoms with van der Waals surface area (Å²) in [5.74, 6) is -2.53. The number of hydrogen-bond acceptors (Lipinski definition) is 5. The molecule has 27 heavy (non-hydrogen) atoms. The third-order valence-corrected chi connectivity index (χ3v) is 4.50. The fraction of sp³-hybridized carbons (Fsp3) is 0.300. The molecule has 2 aromatic rings. The maximum Gasteiger partial charge on any atom is 0.290 e. The Balaban J connectivity index is 2.02. The van der Waals surface area contributed by atoms with Crippen LogP contribution in [0.4, 0.5) is 4.39 Å². The van der Waals surface area contributed by atoms with Crippen LogP contribution in [0.1, 0.15) is 28.6 Å². The summed E-state index contributed by atoms with van der Waals surface area (Å²) in [6.45, 7) is 0.977. The fourth-order valence-electron chi connectivity index (χ4n) is 3.23. The summed E-state index contributed by atoms with van der Waals surface area (Å²) in [5, 5.41) is 10.4. The Labute approximate surface area is 156 Å². The fourth-order valence-corrected chi connectivity index (χ4v) is 3.23. The van der Waals surface area contributed by atoms with E-state index >= 15 is 0 Å². The molecule has 1 amide bonds. The summed E-state index contributed by atoms with van der Waals surface area (Å²) < 4.78 is 19.6. The number of nitrogens with zero attached hydrogens (tertiary/aromatic N) is 2. The molecule has 7 heteroatoms. The number of carbonyl (C=O) groups is 2. The lowest BCUT2D eigenvalue weighted by Gasteiger charge is -2.27. The first-order valence-corrected chi connectivity index (χ1v) is 8.63. The lowest BCUT2D eigenvalue weighted by atomic mass is 9.94. The number of aliphatic hydroxyl groups excluding tert-OH is 1. The van der Waals surface area contributed by atoms with Crippen LogP contribution in [0.15, 0.2) is 58.4 Å². The number of Topliss-reactive ketones (excluding diaryl/α,β-unsaturated/α-hetero) is 1. The zero-order chi connectivity index (χ0) is 19.6. The molecule has 1 aromatic heterocycles. The van der Waals surface area contributed by atoms with Gasteiger partial charge in [-0.1, -0.05) is 18.2 Å². The molecule has 0 spiro atoms. The van der Waals surface area contributed by atoms with Gasteiger partial charge in [0, 0.05) is 12.1 Å². The molecule has 0 bridgehead atoms. The highest BCUT2D eigenvalue weighted by atomic mass is 19.1. The van der Waals surface area contributed by atoms with Crippen LogP contribution in [0.5, 0.6) is 0 Å². The van der Waals surface area contributed by atoms with Crippen LogP contribution in [-0.4, -0.2) is 53.8 Å². The van der Waals surface area contributed by atoms with Crippen molar-refractivity contribution in [2.75, 3.05) is 27.2 Å². The summed E-state index contributed by atoms with van der Waals surface area (Å²) in [6.07, 6.45) is 1.94. The first kappa shape index (κ1) is 18.8. The molecule has 1 aliphatic rings. The van der Waals surface area contributed by atoms with Gasteiger partial charge in [0.2, 0.25) is 5.78 Å². The lowest BCUT2D eigenvalue weighted by molar-refractivity contribution is -0.129. The number of amides is 1. The van der Waals surface area contributed by atoms with Gasteiger partial charge in [0.1, 0.15) is 5.82 Å². The molecule has 0 fully saturated rings. The number of aliphatic hydroxyl groups is 1. The quantitative estimate of drug-likeness (QED) is 0.757. The van der Waals surface area contributed by atoms with Crippen molar-refractivity contribution in [3.63, 3.8) is 0 Å². The molecule has 1 aromatic carbocycles. The number of carbonyl (C=O) groups excluding carboxylic acids is 2. The number of ketones is 1. The first-order chi connectivity index (χ1) is 12.9. The smallest absolute Gasteiger partial charge is 0.290 e. The van der Waals surface area contributed by atoms with E-state index in [1.165, 1.54) is 41.5 Å². The lowest BCUT2D eigenvalue weighted by Crippen LogP contribution is -2.34. The summed E-state index contributed by atoms with van der Waals surface area (Å²) in [6, 6.07) is 7.92. The maximum atomic E-state index is 14.5. The first-order valence-electron chi connectivity index (χ1n) is 8.63. The Kier molecular flexibility index (Phi) is 5.41. The zero-order valence-electron chi connectivity index (χ0n) is 15.2. The molecule has 0 radical (unpaired) electrons. The van der Waals surface area contributed by atoms with Crippen LogP contribution in [-0.2, 0) is 4.79 Å². The van der Waals surface area contributed by atoms with Crippen molar-refractivity contribution < 1.29 is 23.5 Å². The molecular weight excluding hydrogens is 351 g/mol. The highest BCUT2D eigenvalue weighted by Crippen LogP contribution is 2.39. The van der Waals surface area contributed by atoms with Crippen LogP contribution < -0.4 is 0 Å². The van der Waals surface area contributed by atoms with E-state index in [4.69, 9.17) is 4.42 Å². The number of benzene rings is 1. The predicted octanol–water partition coefficient (Wildman–Crippen LogP) is 2.95. The second kappa shape index (κ2) is 7.75. The number of halogens is 1. The molecule has 1 aliphatic heterocycles. The van der Waals surface area contributed by atoms with Crippen LogP contribution in [0, 0.1) is 5.82 Å². The molecule has 6 nitrogen and oxygen atoms in total. The van der Waals surface area contributed by atoms with Gasteiger partial charge in [0.25, 0.3) is 5.91 Å². The molecular formula is C20H21FN2O4. The van der Waals surface area contributed by atoms with Gasteiger partial charge in [-0.2, -0.15) is 0 Å². The van der Waals surface area contributed by atoms with E-state index in [2.05, 4.69) is 0 Å². The molecule has 142 valence electrons. The minimum atomic E-state index is -1.00. The van der Waals surface area contributed by atoms with Gasteiger partial charge in [0.05, 0.1) is 17.9 Å². The second-order valence-corrected chi connectivity index (χ2v) is 6.65. The van der Waals surface area contributed by atoms with E-state index in [0.29, 0.717) is 13.0 Å². The monoisotopic (exact) mass is 372 g/mol. The molecule has 0 saturated heterocycles. The van der Waals surface area contributed by atoms with Crippen molar-refractivity contribution >= 4 is 11.7 Å². The normalized spacial score (nSPS) is 17.3. The third kappa shape index (κ3) is 3.64. The third-order valence-electron chi connectivity index (χ3n) is 4.50. The van der Waals surface area contributed by atoms with Crippen molar-refractivity contribution in [2.45, 2.75) is 12.5 Å². The molecule has 0 saturated carbocycles. The van der Waals surface area contributed by atoms with Gasteiger partial charge in [-0.25, -0.2) is 4.39 Å². The molecule has 1 N–H and O–H groups in total. The Bertz CT molecular complexity index is 874. The summed E-state index contributed by atoms with van der Waals surface area (Å²) >= 11 is 0. The highest BCUT2D eigenvalue weighted by Gasteiger charge is 2.45. The topological polar surface area (TPSA) is 74.0 Å². The van der Waals surface area contributed by atoms with Gasteiger partial charge in [0.15, 0.2) is 11.5 Å². The second-order valence-electron chi connectivity index (χ2n) is 6.65. The Morgan fingerprint density at radius 1 is 1.26 bits per heavy atom. The van der Waals surface area contributed by atoms with Crippen molar-refractivity contribution in [1.29, 1.82) is 0 Å². The van der Waals surface area contributed by atoms with Crippen LogP contribution in [0.2, 0.25) is 0 Å². The summed E-state index contributed by atoms with van der Waals surface area (Å²) in [7, 11) is 3.81. The number of furan rings is 1. The number of hydrogen-bond donors (Lipinski definition) is 1. The minimum absolute atomic E-state index is 0.0131. The molecule has 1 atom stereocenters. The summed E-state index contributed by atoms with van der Waals surface area (Å²) in [5.41, 5.74) is -0.000405. The van der Waals surface area contributed by atoms with Crippen LogP contribution >= 0.6 is 0 Å². The zero-order valence-corrected chi connectivity index (χ0v) is 15.2. The number of rotatable bonds is 7. The Morgan fingerprint density at radius 3 is 2.63 bits per heavy atom. The Morgan fingerprint density at radius 2 is 2.00 bits per heavy atom. The van der Waals surface area contributed by atoms with Gasteiger partial charge in [-0.05, 0) is 45.3 Å². The van der Waals surface area contributed by atoms with Gasteiger partial charge in [-0.3, -0.25) is 9.59 Å². The SMILES string of the molecule is CN(C)CCCN1C(=O)C(O)=C(C(=O)c2ccco2)[C@@H]1c1ccccc1F. The van der Waals surface area contributed by atoms with E-state index in [1.54, 1.807) is 6.07 Å². The van der Waals surface area contributed by atoms with Crippen molar-refractivity contribution in [1.82, 2.24) is 9.80 Å². The van der Waals surface area contributed by atoms with E-state index in [0.717, 1.165) is 0 Å². The molecule has 3 rings (SSSR count). The van der Waals surface area contributed by atoms with Crippen molar-refractivity contribution in [3.05, 3.63) is 71.1 Å². The minimum Gasteiger partial charge on any atom is -0.503 e. The van der Waals surface area contributed by atoms with E-state index in [1.807, 2.05) is 19.0 Å². The predicted molar refractivity (Wildman–Crippen MR) is 96.7 cm³/mol. The van der Waals surface area contributed by atoms with Gasteiger partial charge < -0.3 is 19.3 Å². The molecule has 0 unspecified atom stereocenters. The molecule has 2 heterocycles.